The van der Waals surface area contributed by atoms with E-state index in [1.54, 1.807) is 32.2 Å². The Bertz CT molecular complexity index is 468. The van der Waals surface area contributed by atoms with E-state index in [0.29, 0.717) is 9.35 Å². The second-order valence-corrected chi connectivity index (χ2v) is 6.99. The number of thiophene rings is 1. The van der Waals surface area contributed by atoms with E-state index >= 15 is 0 Å². The third kappa shape index (κ3) is 6.23. The fourth-order valence-electron chi connectivity index (χ4n) is 1.36. The van der Waals surface area contributed by atoms with E-state index in [4.69, 9.17) is 4.74 Å². The summed E-state index contributed by atoms with van der Waals surface area (Å²) in [6.45, 7) is 3.73. The van der Waals surface area contributed by atoms with Crippen LogP contribution in [0.4, 0.5) is 13.2 Å². The topological polar surface area (TPSA) is 38.3 Å². The fraction of sp³-hybridized carbons (Fsp3) is 0.583. The number of alkyl halides is 3. The van der Waals surface area contributed by atoms with Crippen molar-refractivity contribution in [2.75, 3.05) is 6.54 Å². The quantitative estimate of drug-likeness (QED) is 0.809. The van der Waals surface area contributed by atoms with Gasteiger partial charge in [0.05, 0.1) is 6.54 Å². The Labute approximate surface area is 127 Å². The molecular weight excluding hydrogens is 359 g/mol. The van der Waals surface area contributed by atoms with Crippen LogP contribution in [-0.4, -0.2) is 24.3 Å². The highest BCUT2D eigenvalue weighted by molar-refractivity contribution is 9.10. The second kappa shape index (κ2) is 6.44. The van der Waals surface area contributed by atoms with E-state index in [9.17, 15) is 18.0 Å². The van der Waals surface area contributed by atoms with Gasteiger partial charge in [0.1, 0.15) is 11.6 Å². The van der Waals surface area contributed by atoms with Gasteiger partial charge >= 0.3 is 12.1 Å². The highest BCUT2D eigenvalue weighted by Gasteiger charge is 2.33. The first-order valence-corrected chi connectivity index (χ1v) is 7.42. The molecule has 0 saturated heterocycles. The van der Waals surface area contributed by atoms with Crippen molar-refractivity contribution in [2.24, 2.45) is 0 Å². The van der Waals surface area contributed by atoms with Gasteiger partial charge in [-0.3, -0.25) is 5.32 Å². The van der Waals surface area contributed by atoms with Crippen molar-refractivity contribution >= 4 is 33.2 Å². The molecule has 0 radical (unpaired) electrons. The van der Waals surface area contributed by atoms with Crippen LogP contribution in [0, 0.1) is 0 Å². The van der Waals surface area contributed by atoms with Crippen LogP contribution in [0.25, 0.3) is 0 Å². The molecule has 114 valence electrons. The Hall–Kier alpha value is -0.600. The molecule has 0 fully saturated rings. The summed E-state index contributed by atoms with van der Waals surface area (Å²) in [4.78, 5) is 12.5. The number of carbonyl (C=O) groups excluding carboxylic acids is 1. The highest BCUT2D eigenvalue weighted by atomic mass is 79.9. The molecule has 1 aromatic heterocycles. The Morgan fingerprint density at radius 3 is 2.45 bits per heavy atom. The monoisotopic (exact) mass is 373 g/mol. The summed E-state index contributed by atoms with van der Waals surface area (Å²) in [5.41, 5.74) is -0.760. The summed E-state index contributed by atoms with van der Waals surface area (Å²) in [6, 6.07) is 0.468. The average Bonchev–Trinajstić information content (AvgIpc) is 2.60. The number of hydrogen-bond donors (Lipinski definition) is 1. The van der Waals surface area contributed by atoms with Gasteiger partial charge in [0.25, 0.3) is 0 Å². The maximum atomic E-state index is 12.3. The van der Waals surface area contributed by atoms with Crippen LogP contribution in [0.1, 0.15) is 31.7 Å². The smallest absolute Gasteiger partial charge is 0.401 e. The van der Waals surface area contributed by atoms with Gasteiger partial charge in [-0.25, -0.2) is 4.79 Å². The highest BCUT2D eigenvalue weighted by Crippen LogP contribution is 2.28. The van der Waals surface area contributed by atoms with E-state index < -0.39 is 30.3 Å². The van der Waals surface area contributed by atoms with E-state index in [1.165, 1.54) is 11.3 Å². The van der Waals surface area contributed by atoms with E-state index in [2.05, 4.69) is 21.2 Å². The molecule has 1 rings (SSSR count). The Balaban J connectivity index is 2.87. The molecule has 0 aliphatic heterocycles. The van der Waals surface area contributed by atoms with E-state index in [1.807, 2.05) is 0 Å². The number of hydrogen-bond acceptors (Lipinski definition) is 4. The lowest BCUT2D eigenvalue weighted by atomic mass is 10.1. The lowest BCUT2D eigenvalue weighted by Gasteiger charge is -2.24. The van der Waals surface area contributed by atoms with Crippen LogP contribution in [0.3, 0.4) is 0 Å². The van der Waals surface area contributed by atoms with Crippen molar-refractivity contribution in [3.8, 4) is 0 Å². The van der Waals surface area contributed by atoms with Crippen molar-refractivity contribution in [2.45, 2.75) is 38.6 Å². The molecule has 1 aromatic rings. The van der Waals surface area contributed by atoms with Crippen LogP contribution < -0.4 is 5.32 Å². The molecule has 20 heavy (non-hydrogen) atoms. The van der Waals surface area contributed by atoms with Crippen LogP contribution in [0.15, 0.2) is 15.9 Å². The van der Waals surface area contributed by atoms with Crippen molar-refractivity contribution < 1.29 is 22.7 Å². The molecule has 1 N–H and O–H groups in total. The molecular formula is C12H15BrF3NO2S. The lowest BCUT2D eigenvalue weighted by Crippen LogP contribution is -2.38. The second-order valence-electron chi connectivity index (χ2n) is 5.13. The SMILES string of the molecule is CC(C)(C)OC(=O)C(NCC(F)(F)F)c1cc(Br)cs1. The fourth-order valence-corrected chi connectivity index (χ4v) is 2.86. The molecule has 0 aromatic carbocycles. The van der Waals surface area contributed by atoms with Crippen molar-refractivity contribution in [1.29, 1.82) is 0 Å². The van der Waals surface area contributed by atoms with Gasteiger partial charge in [0.15, 0.2) is 0 Å². The van der Waals surface area contributed by atoms with Crippen LogP contribution in [-0.2, 0) is 9.53 Å². The Kier molecular flexibility index (Phi) is 5.62. The summed E-state index contributed by atoms with van der Waals surface area (Å²) >= 11 is 4.39. The van der Waals surface area contributed by atoms with Crippen molar-refractivity contribution in [1.82, 2.24) is 5.32 Å². The summed E-state index contributed by atoms with van der Waals surface area (Å²) in [6.07, 6.45) is -4.39. The zero-order valence-electron chi connectivity index (χ0n) is 11.2. The first-order valence-electron chi connectivity index (χ1n) is 5.75. The van der Waals surface area contributed by atoms with Gasteiger partial charge in [-0.15, -0.1) is 11.3 Å². The zero-order valence-corrected chi connectivity index (χ0v) is 13.6. The number of ether oxygens (including phenoxy) is 1. The average molecular weight is 374 g/mol. The summed E-state index contributed by atoms with van der Waals surface area (Å²) in [5.74, 6) is -0.726. The minimum atomic E-state index is -4.39. The van der Waals surface area contributed by atoms with Gasteiger partial charge in [-0.05, 0) is 42.8 Å². The third-order valence-corrected chi connectivity index (χ3v) is 3.78. The van der Waals surface area contributed by atoms with E-state index in [0.717, 1.165) is 0 Å². The van der Waals surface area contributed by atoms with Gasteiger partial charge in [-0.2, -0.15) is 13.2 Å². The number of rotatable bonds is 4. The summed E-state index contributed by atoms with van der Waals surface area (Å²) in [5, 5.41) is 3.90. The molecule has 3 nitrogen and oxygen atoms in total. The molecule has 0 saturated carbocycles. The summed E-state index contributed by atoms with van der Waals surface area (Å²) < 4.78 is 42.8. The minimum Gasteiger partial charge on any atom is -0.459 e. The number of nitrogens with one attached hydrogen (secondary N) is 1. The maximum Gasteiger partial charge on any atom is 0.401 e. The molecule has 8 heteroatoms. The van der Waals surface area contributed by atoms with Gasteiger partial charge < -0.3 is 4.74 Å². The predicted molar refractivity (Wildman–Crippen MR) is 74.7 cm³/mol. The largest absolute Gasteiger partial charge is 0.459 e. The number of carbonyl (C=O) groups is 1. The van der Waals surface area contributed by atoms with Gasteiger partial charge in [0.2, 0.25) is 0 Å². The standard InChI is InChI=1S/C12H15BrF3NO2S/c1-11(2,3)19-10(18)9(17-6-12(14,15)16)8-4-7(13)5-20-8/h4-5,9,17H,6H2,1-3H3. The Morgan fingerprint density at radius 1 is 1.45 bits per heavy atom. The van der Waals surface area contributed by atoms with Gasteiger partial charge in [0, 0.05) is 14.7 Å². The molecule has 0 amide bonds. The molecule has 0 aliphatic carbocycles. The van der Waals surface area contributed by atoms with Gasteiger partial charge in [-0.1, -0.05) is 0 Å². The zero-order chi connectivity index (χ0) is 15.6. The minimum absolute atomic E-state index is 0.468. The van der Waals surface area contributed by atoms with Crippen LogP contribution >= 0.6 is 27.3 Å². The van der Waals surface area contributed by atoms with Crippen LogP contribution in [0.2, 0.25) is 0 Å². The van der Waals surface area contributed by atoms with Crippen molar-refractivity contribution in [3.63, 3.8) is 0 Å². The first kappa shape index (κ1) is 17.5. The normalized spacial score (nSPS) is 14.2. The molecule has 1 unspecified atom stereocenters. The molecule has 1 atom stereocenters. The van der Waals surface area contributed by atoms with Crippen molar-refractivity contribution in [3.05, 3.63) is 20.8 Å². The predicted octanol–water partition coefficient (Wildman–Crippen LogP) is 4.05. The molecule has 0 aliphatic rings. The molecule has 0 bridgehead atoms. The van der Waals surface area contributed by atoms with Crippen LogP contribution in [0.5, 0.6) is 0 Å². The number of halogens is 4. The number of esters is 1. The first-order chi connectivity index (χ1) is 8.98. The molecule has 1 heterocycles. The summed E-state index contributed by atoms with van der Waals surface area (Å²) in [7, 11) is 0. The third-order valence-electron chi connectivity index (χ3n) is 2.02. The Morgan fingerprint density at radius 2 is 2.05 bits per heavy atom. The maximum absolute atomic E-state index is 12.3. The molecule has 0 spiro atoms. The lowest BCUT2D eigenvalue weighted by molar-refractivity contribution is -0.159. The van der Waals surface area contributed by atoms with E-state index in [-0.39, 0.29) is 0 Å².